The van der Waals surface area contributed by atoms with E-state index in [0.717, 1.165) is 5.56 Å². The summed E-state index contributed by atoms with van der Waals surface area (Å²) in [6.07, 6.45) is 0. The molecular formula is C12H12ClNO3. The van der Waals surface area contributed by atoms with Gasteiger partial charge in [0.15, 0.2) is 0 Å². The number of benzene rings is 1. The van der Waals surface area contributed by atoms with Gasteiger partial charge in [-0.1, -0.05) is 17.7 Å². The van der Waals surface area contributed by atoms with Crippen LogP contribution in [0.3, 0.4) is 0 Å². The number of carbonyl (C=O) groups is 2. The third-order valence-electron chi connectivity index (χ3n) is 2.79. The van der Waals surface area contributed by atoms with Crippen molar-refractivity contribution in [3.05, 3.63) is 29.3 Å². The summed E-state index contributed by atoms with van der Waals surface area (Å²) in [7, 11) is 1.52. The van der Waals surface area contributed by atoms with Crippen LogP contribution in [0.5, 0.6) is 5.75 Å². The zero-order valence-electron chi connectivity index (χ0n) is 9.49. The van der Waals surface area contributed by atoms with Gasteiger partial charge in [-0.3, -0.25) is 14.9 Å². The van der Waals surface area contributed by atoms with E-state index in [0.29, 0.717) is 11.3 Å². The van der Waals surface area contributed by atoms with Gasteiger partial charge in [0.2, 0.25) is 11.8 Å². The van der Waals surface area contributed by atoms with Gasteiger partial charge in [0.25, 0.3) is 0 Å². The average molecular weight is 254 g/mol. The second-order valence-electron chi connectivity index (χ2n) is 3.98. The molecule has 1 heterocycles. The highest BCUT2D eigenvalue weighted by Gasteiger charge is 2.42. The minimum Gasteiger partial charge on any atom is -0.496 e. The van der Waals surface area contributed by atoms with E-state index in [1.165, 1.54) is 7.11 Å². The Labute approximate surface area is 104 Å². The van der Waals surface area contributed by atoms with E-state index < -0.39 is 17.2 Å². The lowest BCUT2D eigenvalue weighted by atomic mass is 9.94. The van der Waals surface area contributed by atoms with Crippen LogP contribution in [-0.4, -0.2) is 24.3 Å². The normalized spacial score (nSPS) is 23.7. The highest BCUT2D eigenvalue weighted by atomic mass is 35.5. The molecule has 0 aliphatic carbocycles. The van der Waals surface area contributed by atoms with E-state index in [1.54, 1.807) is 6.07 Å². The quantitative estimate of drug-likeness (QED) is 0.639. The Hall–Kier alpha value is -1.55. The van der Waals surface area contributed by atoms with Crippen LogP contribution in [-0.2, 0) is 9.59 Å². The molecule has 1 aliphatic rings. The zero-order valence-corrected chi connectivity index (χ0v) is 10.2. The fraction of sp³-hybridized carbons (Fsp3) is 0.333. The van der Waals surface area contributed by atoms with Gasteiger partial charge >= 0.3 is 0 Å². The molecule has 2 unspecified atom stereocenters. The zero-order chi connectivity index (χ0) is 12.6. The number of ether oxygens (including phenoxy) is 1. The second-order valence-corrected chi connectivity index (χ2v) is 4.45. The number of nitrogens with one attached hydrogen (secondary N) is 1. The summed E-state index contributed by atoms with van der Waals surface area (Å²) in [5.74, 6) is -0.945. The molecule has 17 heavy (non-hydrogen) atoms. The molecule has 5 heteroatoms. The maximum absolute atomic E-state index is 11.7. The van der Waals surface area contributed by atoms with Gasteiger partial charge in [0, 0.05) is 5.56 Å². The fourth-order valence-corrected chi connectivity index (χ4v) is 2.25. The largest absolute Gasteiger partial charge is 0.496 e. The number of rotatable bonds is 2. The molecule has 1 fully saturated rings. The summed E-state index contributed by atoms with van der Waals surface area (Å²) in [6, 6.07) is 5.46. The molecule has 1 saturated heterocycles. The summed E-state index contributed by atoms with van der Waals surface area (Å²) in [5, 5.41) is 1.34. The molecule has 1 N–H and O–H groups in total. The number of hydrogen-bond donors (Lipinski definition) is 1. The van der Waals surface area contributed by atoms with Crippen LogP contribution in [0.2, 0.25) is 0 Å². The molecule has 1 aromatic carbocycles. The van der Waals surface area contributed by atoms with Gasteiger partial charge in [0.05, 0.1) is 13.0 Å². The van der Waals surface area contributed by atoms with Crippen molar-refractivity contribution in [2.45, 2.75) is 18.2 Å². The monoisotopic (exact) mass is 253 g/mol. The first-order valence-electron chi connectivity index (χ1n) is 5.18. The molecule has 2 amide bonds. The molecule has 0 saturated carbocycles. The van der Waals surface area contributed by atoms with E-state index in [-0.39, 0.29) is 5.91 Å². The van der Waals surface area contributed by atoms with Gasteiger partial charge < -0.3 is 4.74 Å². The molecule has 90 valence electrons. The van der Waals surface area contributed by atoms with Crippen LogP contribution in [0.15, 0.2) is 18.2 Å². The number of methoxy groups -OCH3 is 1. The lowest BCUT2D eigenvalue weighted by Crippen LogP contribution is -2.22. The molecule has 0 aromatic heterocycles. The van der Waals surface area contributed by atoms with Crippen molar-refractivity contribution in [3.63, 3.8) is 0 Å². The molecule has 0 radical (unpaired) electrons. The predicted octanol–water partition coefficient (Wildman–Crippen LogP) is 1.35. The molecule has 2 rings (SSSR count). The lowest BCUT2D eigenvalue weighted by Gasteiger charge is -2.15. The Kier molecular flexibility index (Phi) is 3.07. The van der Waals surface area contributed by atoms with Crippen molar-refractivity contribution in [3.8, 4) is 5.75 Å². The SMILES string of the molecule is COc1ccc(C)cc1C1C(=O)NC(=O)C1Cl. The van der Waals surface area contributed by atoms with Crippen LogP contribution in [0, 0.1) is 6.92 Å². The lowest BCUT2D eigenvalue weighted by molar-refractivity contribution is -0.125. The average Bonchev–Trinajstić information content (AvgIpc) is 2.53. The van der Waals surface area contributed by atoms with Gasteiger partial charge in [-0.05, 0) is 13.0 Å². The summed E-state index contributed by atoms with van der Waals surface area (Å²) in [4.78, 5) is 23.1. The van der Waals surface area contributed by atoms with E-state index in [9.17, 15) is 9.59 Å². The predicted molar refractivity (Wildman–Crippen MR) is 63.3 cm³/mol. The molecule has 1 aliphatic heterocycles. The summed E-state index contributed by atoms with van der Waals surface area (Å²) < 4.78 is 5.19. The van der Waals surface area contributed by atoms with Gasteiger partial charge in [-0.2, -0.15) is 0 Å². The first-order valence-corrected chi connectivity index (χ1v) is 5.61. The highest BCUT2D eigenvalue weighted by molar-refractivity contribution is 6.37. The number of aryl methyl sites for hydroxylation is 1. The third-order valence-corrected chi connectivity index (χ3v) is 3.24. The Bertz CT molecular complexity index is 487. The van der Waals surface area contributed by atoms with Crippen molar-refractivity contribution in [2.75, 3.05) is 7.11 Å². The minimum atomic E-state index is -0.877. The first kappa shape index (κ1) is 11.9. The Balaban J connectivity index is 2.49. The van der Waals surface area contributed by atoms with Crippen LogP contribution in [0.1, 0.15) is 17.0 Å². The van der Waals surface area contributed by atoms with Crippen molar-refractivity contribution in [1.82, 2.24) is 5.32 Å². The van der Waals surface area contributed by atoms with Gasteiger partial charge in [0.1, 0.15) is 11.1 Å². The summed E-state index contributed by atoms with van der Waals surface area (Å²) in [5.41, 5.74) is 1.63. The van der Waals surface area contributed by atoms with Crippen LogP contribution in [0.25, 0.3) is 0 Å². The van der Waals surface area contributed by atoms with E-state index in [2.05, 4.69) is 5.32 Å². The number of halogens is 1. The maximum atomic E-state index is 11.7. The molecule has 0 bridgehead atoms. The summed E-state index contributed by atoms with van der Waals surface area (Å²) >= 11 is 5.95. The van der Waals surface area contributed by atoms with Crippen molar-refractivity contribution >= 4 is 23.4 Å². The Morgan fingerprint density at radius 1 is 1.29 bits per heavy atom. The smallest absolute Gasteiger partial charge is 0.245 e. The number of carbonyl (C=O) groups excluding carboxylic acids is 2. The number of imide groups is 1. The van der Waals surface area contributed by atoms with Gasteiger partial charge in [-0.15, -0.1) is 11.6 Å². The number of hydrogen-bond acceptors (Lipinski definition) is 3. The van der Waals surface area contributed by atoms with E-state index in [4.69, 9.17) is 16.3 Å². The molecule has 2 atom stereocenters. The Morgan fingerprint density at radius 3 is 2.53 bits per heavy atom. The Morgan fingerprint density at radius 2 is 2.00 bits per heavy atom. The van der Waals surface area contributed by atoms with Crippen LogP contribution < -0.4 is 10.1 Å². The third kappa shape index (κ3) is 2.00. The van der Waals surface area contributed by atoms with Crippen molar-refractivity contribution in [2.24, 2.45) is 0 Å². The second kappa shape index (κ2) is 4.37. The molecule has 4 nitrogen and oxygen atoms in total. The molecule has 0 spiro atoms. The minimum absolute atomic E-state index is 0.376. The van der Waals surface area contributed by atoms with Gasteiger partial charge in [-0.25, -0.2) is 0 Å². The fourth-order valence-electron chi connectivity index (χ4n) is 1.95. The summed E-state index contributed by atoms with van der Waals surface area (Å²) in [6.45, 7) is 1.90. The van der Waals surface area contributed by atoms with E-state index >= 15 is 0 Å². The van der Waals surface area contributed by atoms with Crippen molar-refractivity contribution < 1.29 is 14.3 Å². The maximum Gasteiger partial charge on any atom is 0.245 e. The topological polar surface area (TPSA) is 55.4 Å². The number of amides is 2. The van der Waals surface area contributed by atoms with Crippen LogP contribution >= 0.6 is 11.6 Å². The first-order chi connectivity index (χ1) is 8.04. The molecule has 1 aromatic rings. The van der Waals surface area contributed by atoms with E-state index in [1.807, 2.05) is 19.1 Å². The number of alkyl halides is 1. The van der Waals surface area contributed by atoms with Crippen LogP contribution in [0.4, 0.5) is 0 Å². The van der Waals surface area contributed by atoms with Crippen molar-refractivity contribution in [1.29, 1.82) is 0 Å². The standard InChI is InChI=1S/C12H12ClNO3/c1-6-3-4-8(17-2)7(5-6)9-10(13)12(16)14-11(9)15/h3-5,9-10H,1-2H3,(H,14,15,16). The molecular weight excluding hydrogens is 242 g/mol. The highest BCUT2D eigenvalue weighted by Crippen LogP contribution is 2.35.